The lowest BCUT2D eigenvalue weighted by atomic mass is 9.85. The normalized spacial score (nSPS) is 28.9. The van der Waals surface area contributed by atoms with E-state index >= 15 is 0 Å². The van der Waals surface area contributed by atoms with Crippen LogP contribution < -0.4 is 4.74 Å². The molecule has 2 saturated carbocycles. The molecule has 1 heterocycles. The summed E-state index contributed by atoms with van der Waals surface area (Å²) in [5.74, 6) is 0.325. The van der Waals surface area contributed by atoms with Crippen LogP contribution in [0.1, 0.15) is 24.0 Å². The molecular formula is C25H20Cl2N2O3. The number of hydrogen-bond acceptors (Lipinski definition) is 4. The maximum Gasteiger partial charge on any atom is 0.254 e. The van der Waals surface area contributed by atoms with Gasteiger partial charge in [-0.25, -0.2) is 0 Å². The molecule has 1 aliphatic heterocycles. The fourth-order valence-electron chi connectivity index (χ4n) is 5.75. The van der Waals surface area contributed by atoms with Crippen LogP contribution in [0, 0.1) is 29.1 Å². The first-order chi connectivity index (χ1) is 15.5. The van der Waals surface area contributed by atoms with E-state index < -0.39 is 0 Å². The van der Waals surface area contributed by atoms with Gasteiger partial charge in [-0.1, -0.05) is 41.4 Å². The summed E-state index contributed by atoms with van der Waals surface area (Å²) in [6.07, 6.45) is 8.13. The molecule has 0 N–H and O–H groups in total. The molecule has 6 rings (SSSR count). The van der Waals surface area contributed by atoms with Gasteiger partial charge in [0.05, 0.1) is 18.1 Å². The van der Waals surface area contributed by atoms with Crippen molar-refractivity contribution in [2.24, 2.45) is 34.2 Å². The molecule has 4 atom stereocenters. The molecule has 3 aliphatic carbocycles. The van der Waals surface area contributed by atoms with E-state index in [1.165, 1.54) is 0 Å². The fraction of sp³-hybridized carbons (Fsp3) is 0.320. The Hall–Kier alpha value is -2.63. The van der Waals surface area contributed by atoms with Crippen LogP contribution in [-0.4, -0.2) is 23.0 Å². The molecule has 5 nitrogen and oxygen atoms in total. The minimum absolute atomic E-state index is 0.154. The lowest BCUT2D eigenvalue weighted by molar-refractivity contribution is -0.141. The Morgan fingerprint density at radius 2 is 1.66 bits per heavy atom. The maximum atomic E-state index is 13.0. The van der Waals surface area contributed by atoms with E-state index in [0.717, 1.165) is 29.0 Å². The third-order valence-corrected chi connectivity index (χ3v) is 8.03. The van der Waals surface area contributed by atoms with E-state index in [1.54, 1.807) is 18.3 Å². The quantitative estimate of drug-likeness (QED) is 0.349. The number of carbonyl (C=O) groups excluding carboxylic acids is 2. The number of carbonyl (C=O) groups is 2. The van der Waals surface area contributed by atoms with Crippen LogP contribution in [-0.2, 0) is 16.2 Å². The number of allylic oxidation sites excluding steroid dienone is 2. The molecule has 2 aromatic rings. The van der Waals surface area contributed by atoms with E-state index in [0.29, 0.717) is 22.4 Å². The van der Waals surface area contributed by atoms with Crippen LogP contribution in [0.25, 0.3) is 0 Å². The van der Waals surface area contributed by atoms with Crippen molar-refractivity contribution >= 4 is 41.2 Å². The molecule has 32 heavy (non-hydrogen) atoms. The van der Waals surface area contributed by atoms with E-state index in [-0.39, 0.29) is 40.9 Å². The van der Waals surface area contributed by atoms with E-state index in [4.69, 9.17) is 27.9 Å². The van der Waals surface area contributed by atoms with Crippen molar-refractivity contribution in [2.45, 2.75) is 19.4 Å². The zero-order valence-corrected chi connectivity index (χ0v) is 18.6. The molecule has 2 amide bonds. The zero-order valence-electron chi connectivity index (χ0n) is 17.1. The molecular weight excluding hydrogens is 447 g/mol. The molecule has 2 bridgehead atoms. The number of hydrazone groups is 1. The van der Waals surface area contributed by atoms with Crippen molar-refractivity contribution in [1.29, 1.82) is 0 Å². The minimum atomic E-state index is -0.229. The van der Waals surface area contributed by atoms with Gasteiger partial charge in [0.2, 0.25) is 0 Å². The van der Waals surface area contributed by atoms with Gasteiger partial charge in [-0.3, -0.25) is 9.59 Å². The van der Waals surface area contributed by atoms with Crippen molar-refractivity contribution in [2.75, 3.05) is 0 Å². The van der Waals surface area contributed by atoms with Crippen molar-refractivity contribution in [1.82, 2.24) is 5.01 Å². The number of halogens is 2. The number of hydrogen-bond donors (Lipinski definition) is 0. The van der Waals surface area contributed by atoms with Gasteiger partial charge in [0.15, 0.2) is 0 Å². The Morgan fingerprint density at radius 1 is 1.00 bits per heavy atom. The second kappa shape index (κ2) is 7.19. The van der Waals surface area contributed by atoms with Crippen molar-refractivity contribution in [3.63, 3.8) is 0 Å². The Bertz CT molecular complexity index is 1150. The number of benzene rings is 2. The van der Waals surface area contributed by atoms with Crippen LogP contribution in [0.5, 0.6) is 5.75 Å². The van der Waals surface area contributed by atoms with Gasteiger partial charge >= 0.3 is 0 Å². The first-order valence-corrected chi connectivity index (χ1v) is 11.5. The molecule has 0 unspecified atom stereocenters. The van der Waals surface area contributed by atoms with Gasteiger partial charge < -0.3 is 4.74 Å². The average molecular weight is 467 g/mol. The molecule has 1 spiro atoms. The van der Waals surface area contributed by atoms with Gasteiger partial charge in [0.1, 0.15) is 12.4 Å². The summed E-state index contributed by atoms with van der Waals surface area (Å²) in [6.45, 7) is 0.320. The first-order valence-electron chi connectivity index (χ1n) is 10.7. The van der Waals surface area contributed by atoms with E-state index in [9.17, 15) is 9.59 Å². The molecule has 0 aromatic heterocycles. The maximum absolute atomic E-state index is 13.0. The van der Waals surface area contributed by atoms with Gasteiger partial charge in [-0.05, 0) is 72.1 Å². The summed E-state index contributed by atoms with van der Waals surface area (Å²) >= 11 is 12.1. The SMILES string of the molecule is O=C1[C@H]2[C@H](C(=O)N1/N=C\c1ccc(OCc3ccc(Cl)cc3Cl)cc1)[C@H]1C=C[C@H]2C12CC2. The average Bonchev–Trinajstić information content (AvgIpc) is 3.38. The lowest BCUT2D eigenvalue weighted by Crippen LogP contribution is -2.30. The Labute approximate surface area is 195 Å². The number of imide groups is 1. The van der Waals surface area contributed by atoms with Gasteiger partial charge in [-0.2, -0.15) is 10.1 Å². The third kappa shape index (κ3) is 2.95. The predicted molar refractivity (Wildman–Crippen MR) is 121 cm³/mol. The predicted octanol–water partition coefficient (Wildman–Crippen LogP) is 5.10. The van der Waals surface area contributed by atoms with Crippen LogP contribution in [0.4, 0.5) is 0 Å². The monoisotopic (exact) mass is 466 g/mol. The minimum Gasteiger partial charge on any atom is -0.489 e. The number of fused-ring (bicyclic) bond motifs is 3. The summed E-state index contributed by atoms with van der Waals surface area (Å²) in [4.78, 5) is 25.9. The largest absolute Gasteiger partial charge is 0.489 e. The highest BCUT2D eigenvalue weighted by molar-refractivity contribution is 6.35. The molecule has 162 valence electrons. The highest BCUT2D eigenvalue weighted by atomic mass is 35.5. The van der Waals surface area contributed by atoms with Gasteiger partial charge in [0, 0.05) is 15.6 Å². The molecule has 2 aromatic carbocycles. The smallest absolute Gasteiger partial charge is 0.254 e. The zero-order chi connectivity index (χ0) is 22.0. The summed E-state index contributed by atoms with van der Waals surface area (Å²) in [6, 6.07) is 12.6. The van der Waals surface area contributed by atoms with E-state index in [2.05, 4.69) is 17.3 Å². The Kier molecular flexibility index (Phi) is 4.50. The van der Waals surface area contributed by atoms with Crippen LogP contribution in [0.2, 0.25) is 10.0 Å². The number of ether oxygens (including phenoxy) is 1. The van der Waals surface area contributed by atoms with Crippen LogP contribution >= 0.6 is 23.2 Å². The molecule has 0 radical (unpaired) electrons. The van der Waals surface area contributed by atoms with Crippen molar-refractivity contribution in [3.8, 4) is 5.75 Å². The van der Waals surface area contributed by atoms with Crippen molar-refractivity contribution < 1.29 is 14.3 Å². The second-order valence-corrected chi connectivity index (χ2v) is 9.89. The highest BCUT2D eigenvalue weighted by Crippen LogP contribution is 2.73. The summed E-state index contributed by atoms with van der Waals surface area (Å²) < 4.78 is 5.79. The molecule has 1 saturated heterocycles. The fourth-order valence-corrected chi connectivity index (χ4v) is 6.21. The summed E-state index contributed by atoms with van der Waals surface area (Å²) in [5, 5.41) is 6.48. The second-order valence-electron chi connectivity index (χ2n) is 9.05. The van der Waals surface area contributed by atoms with Gasteiger partial charge in [-0.15, -0.1) is 0 Å². The standard InChI is InChI=1S/C25H20Cl2N2O3/c26-16-4-3-15(20(27)11-16)13-32-17-5-1-14(2-6-17)12-28-29-23(30)21-18-7-8-19(22(21)24(29)31)25(18)9-10-25/h1-8,11-12,18-19,21-22H,9-10,13H2/b28-12-/t18-,19-,21-,22-/m1/s1. The first kappa shape index (κ1) is 20.0. The topological polar surface area (TPSA) is 59.0 Å². The summed E-state index contributed by atoms with van der Waals surface area (Å²) in [7, 11) is 0. The van der Waals surface area contributed by atoms with Crippen LogP contribution in [0.15, 0.2) is 59.7 Å². The van der Waals surface area contributed by atoms with E-state index in [1.807, 2.05) is 30.3 Å². The van der Waals surface area contributed by atoms with Crippen molar-refractivity contribution in [3.05, 3.63) is 75.8 Å². The van der Waals surface area contributed by atoms with Crippen LogP contribution in [0.3, 0.4) is 0 Å². The Balaban J connectivity index is 1.11. The summed E-state index contributed by atoms with van der Waals surface area (Å²) in [5.41, 5.74) is 1.82. The molecule has 7 heteroatoms. The highest BCUT2D eigenvalue weighted by Gasteiger charge is 2.73. The third-order valence-electron chi connectivity index (χ3n) is 7.44. The number of amides is 2. The molecule has 4 aliphatic rings. The lowest BCUT2D eigenvalue weighted by Gasteiger charge is -2.18. The number of nitrogens with zero attached hydrogens (tertiary/aromatic N) is 2. The molecule has 3 fully saturated rings. The number of rotatable bonds is 5. The van der Waals surface area contributed by atoms with Gasteiger partial charge in [0.25, 0.3) is 11.8 Å². The Morgan fingerprint density at radius 3 is 2.25 bits per heavy atom.